The summed E-state index contributed by atoms with van der Waals surface area (Å²) in [7, 11) is 0. The Kier molecular flexibility index (Phi) is 6.02. The Morgan fingerprint density at radius 3 is 2.79 bits per heavy atom. The summed E-state index contributed by atoms with van der Waals surface area (Å²) in [5.41, 5.74) is -0.621. The molecule has 11 heteroatoms. The Hall–Kier alpha value is -2.82. The van der Waals surface area contributed by atoms with Gasteiger partial charge in [0.1, 0.15) is 11.4 Å². The molecule has 7 nitrogen and oxygen atoms in total. The number of aromatic nitrogens is 4. The number of hydrogen-bond donors (Lipinski definition) is 1. The summed E-state index contributed by atoms with van der Waals surface area (Å²) in [4.78, 5) is 12.1. The fourth-order valence-electron chi connectivity index (χ4n) is 2.29. The Bertz CT molecular complexity index is 954. The summed E-state index contributed by atoms with van der Waals surface area (Å²) in [6.45, 7) is 0.729. The number of alkyl halides is 3. The quantitative estimate of drug-likeness (QED) is 0.590. The summed E-state index contributed by atoms with van der Waals surface area (Å²) in [6.07, 6.45) is 0.496. The Balaban J connectivity index is 1.50. The molecule has 0 aliphatic carbocycles. The van der Waals surface area contributed by atoms with E-state index in [4.69, 9.17) is 4.74 Å². The first-order valence-electron chi connectivity index (χ1n) is 8.11. The first-order valence-corrected chi connectivity index (χ1v) is 8.90. The van der Waals surface area contributed by atoms with Crippen LogP contribution < -0.4 is 10.1 Å². The van der Waals surface area contributed by atoms with Crippen LogP contribution in [0, 0.1) is 0 Å². The van der Waals surface area contributed by atoms with Crippen molar-refractivity contribution in [3.05, 3.63) is 64.7 Å². The molecule has 0 aliphatic rings. The molecule has 2 heterocycles. The van der Waals surface area contributed by atoms with Crippen LogP contribution in [-0.4, -0.2) is 32.0 Å². The number of rotatable bonds is 7. The maximum absolute atomic E-state index is 12.7. The van der Waals surface area contributed by atoms with Gasteiger partial charge in [0.25, 0.3) is 5.91 Å². The van der Waals surface area contributed by atoms with Gasteiger partial charge in [0.15, 0.2) is 6.73 Å². The van der Waals surface area contributed by atoms with E-state index in [-0.39, 0.29) is 24.1 Å². The van der Waals surface area contributed by atoms with Gasteiger partial charge in [-0.2, -0.15) is 23.4 Å². The lowest BCUT2D eigenvalue weighted by atomic mass is 10.2. The van der Waals surface area contributed by atoms with E-state index in [0.717, 1.165) is 16.6 Å². The number of hydrogen-bond acceptors (Lipinski definition) is 4. The Morgan fingerprint density at radius 2 is 2.07 bits per heavy atom. The number of amides is 1. The lowest BCUT2D eigenvalue weighted by Gasteiger charge is -2.10. The maximum atomic E-state index is 12.7. The summed E-state index contributed by atoms with van der Waals surface area (Å²) in [6, 6.07) is 6.05. The van der Waals surface area contributed by atoms with Crippen molar-refractivity contribution in [2.75, 3.05) is 6.54 Å². The number of benzene rings is 1. The van der Waals surface area contributed by atoms with Gasteiger partial charge in [0.2, 0.25) is 0 Å². The van der Waals surface area contributed by atoms with Crippen molar-refractivity contribution in [2.24, 2.45) is 0 Å². The second-order valence-corrected chi connectivity index (χ2v) is 6.63. The van der Waals surface area contributed by atoms with Crippen LogP contribution >= 0.6 is 15.9 Å². The monoisotopic (exact) mass is 457 g/mol. The SMILES string of the molecule is O=C(NCCn1cc(Br)cn1)c1ccn(COc2cccc(C(F)(F)F)c2)n1. The third-order valence-electron chi connectivity index (χ3n) is 3.63. The number of ether oxygens (including phenoxy) is 1. The molecule has 1 N–H and O–H groups in total. The lowest BCUT2D eigenvalue weighted by Crippen LogP contribution is -2.28. The predicted molar refractivity (Wildman–Crippen MR) is 96.6 cm³/mol. The molecular formula is C17H15BrF3N5O2. The zero-order chi connectivity index (χ0) is 20.1. The molecule has 0 atom stereocenters. The first kappa shape index (κ1) is 19.9. The summed E-state index contributed by atoms with van der Waals surface area (Å²) in [5, 5.41) is 10.8. The molecular weight excluding hydrogens is 443 g/mol. The highest BCUT2D eigenvalue weighted by molar-refractivity contribution is 9.10. The van der Waals surface area contributed by atoms with Crippen LogP contribution in [0.15, 0.2) is 53.4 Å². The molecule has 0 bridgehead atoms. The van der Waals surface area contributed by atoms with Crippen molar-refractivity contribution in [1.82, 2.24) is 24.9 Å². The van der Waals surface area contributed by atoms with Gasteiger partial charge in [-0.1, -0.05) is 6.07 Å². The van der Waals surface area contributed by atoms with E-state index in [2.05, 4.69) is 31.4 Å². The van der Waals surface area contributed by atoms with Gasteiger partial charge in [0, 0.05) is 18.9 Å². The average Bonchev–Trinajstić information content (AvgIpc) is 3.28. The molecule has 1 amide bonds. The van der Waals surface area contributed by atoms with Crippen LogP contribution in [0.2, 0.25) is 0 Å². The van der Waals surface area contributed by atoms with Gasteiger partial charge in [-0.05, 0) is 40.2 Å². The van der Waals surface area contributed by atoms with Crippen LogP contribution in [0.4, 0.5) is 13.2 Å². The first-order chi connectivity index (χ1) is 13.3. The highest BCUT2D eigenvalue weighted by Crippen LogP contribution is 2.31. The van der Waals surface area contributed by atoms with E-state index in [1.807, 2.05) is 0 Å². The van der Waals surface area contributed by atoms with Crippen LogP contribution in [0.1, 0.15) is 16.1 Å². The van der Waals surface area contributed by atoms with Crippen LogP contribution in [-0.2, 0) is 19.5 Å². The third kappa shape index (κ3) is 5.35. The molecule has 3 aromatic rings. The number of carbonyl (C=O) groups is 1. The zero-order valence-electron chi connectivity index (χ0n) is 14.4. The fourth-order valence-corrected chi connectivity index (χ4v) is 2.62. The van der Waals surface area contributed by atoms with E-state index in [9.17, 15) is 18.0 Å². The minimum Gasteiger partial charge on any atom is -0.471 e. The molecule has 0 unspecified atom stereocenters. The molecule has 0 spiro atoms. The smallest absolute Gasteiger partial charge is 0.416 e. The van der Waals surface area contributed by atoms with E-state index >= 15 is 0 Å². The van der Waals surface area contributed by atoms with Gasteiger partial charge in [0.05, 0.1) is 22.8 Å². The summed E-state index contributed by atoms with van der Waals surface area (Å²) < 4.78 is 47.3. The fraction of sp³-hybridized carbons (Fsp3) is 0.235. The van der Waals surface area contributed by atoms with Crippen molar-refractivity contribution < 1.29 is 22.7 Å². The van der Waals surface area contributed by atoms with Gasteiger partial charge in [-0.3, -0.25) is 9.48 Å². The van der Waals surface area contributed by atoms with Crippen LogP contribution in [0.5, 0.6) is 5.75 Å². The van der Waals surface area contributed by atoms with Crippen molar-refractivity contribution >= 4 is 21.8 Å². The number of nitrogens with zero attached hydrogens (tertiary/aromatic N) is 4. The Morgan fingerprint density at radius 1 is 1.25 bits per heavy atom. The normalized spacial score (nSPS) is 11.4. The van der Waals surface area contributed by atoms with Crippen LogP contribution in [0.25, 0.3) is 0 Å². The standard InChI is InChI=1S/C17H15BrF3N5O2/c18-13-9-23-25(10-13)7-5-22-16(27)15-4-6-26(24-15)11-28-14-3-1-2-12(8-14)17(19,20)21/h1-4,6,8-10H,5,7,11H2,(H,22,27). The largest absolute Gasteiger partial charge is 0.471 e. The van der Waals surface area contributed by atoms with Gasteiger partial charge in [-0.25, -0.2) is 4.68 Å². The molecule has 0 saturated heterocycles. The molecule has 0 saturated carbocycles. The molecule has 0 radical (unpaired) electrons. The molecule has 0 aliphatic heterocycles. The second kappa shape index (κ2) is 8.46. The van der Waals surface area contributed by atoms with Gasteiger partial charge < -0.3 is 10.1 Å². The molecule has 1 aromatic carbocycles. The highest BCUT2D eigenvalue weighted by atomic mass is 79.9. The second-order valence-electron chi connectivity index (χ2n) is 5.72. The molecule has 28 heavy (non-hydrogen) atoms. The van der Waals surface area contributed by atoms with E-state index in [1.165, 1.54) is 29.1 Å². The number of halogens is 4. The van der Waals surface area contributed by atoms with Crippen LogP contribution in [0.3, 0.4) is 0 Å². The van der Waals surface area contributed by atoms with Crippen molar-refractivity contribution in [2.45, 2.75) is 19.5 Å². The molecule has 3 rings (SSSR count). The van der Waals surface area contributed by atoms with Gasteiger partial charge >= 0.3 is 6.18 Å². The van der Waals surface area contributed by atoms with Crippen molar-refractivity contribution in [1.29, 1.82) is 0 Å². The lowest BCUT2D eigenvalue weighted by molar-refractivity contribution is -0.137. The number of nitrogens with one attached hydrogen (secondary N) is 1. The van der Waals surface area contributed by atoms with E-state index in [0.29, 0.717) is 13.1 Å². The number of carbonyl (C=O) groups excluding carboxylic acids is 1. The highest BCUT2D eigenvalue weighted by Gasteiger charge is 2.30. The third-order valence-corrected chi connectivity index (χ3v) is 4.04. The molecule has 148 valence electrons. The van der Waals surface area contributed by atoms with E-state index in [1.54, 1.807) is 17.1 Å². The van der Waals surface area contributed by atoms with E-state index < -0.39 is 11.7 Å². The van der Waals surface area contributed by atoms with Crippen molar-refractivity contribution in [3.63, 3.8) is 0 Å². The topological polar surface area (TPSA) is 74.0 Å². The minimum absolute atomic E-state index is 0.0571. The predicted octanol–water partition coefficient (Wildman–Crippen LogP) is 3.33. The zero-order valence-corrected chi connectivity index (χ0v) is 15.9. The maximum Gasteiger partial charge on any atom is 0.416 e. The van der Waals surface area contributed by atoms with Gasteiger partial charge in [-0.15, -0.1) is 0 Å². The molecule has 0 fully saturated rings. The van der Waals surface area contributed by atoms with Crippen molar-refractivity contribution in [3.8, 4) is 5.75 Å². The summed E-state index contributed by atoms with van der Waals surface area (Å²) in [5.74, 6) is -0.314. The molecule has 2 aromatic heterocycles. The average molecular weight is 458 g/mol. The summed E-state index contributed by atoms with van der Waals surface area (Å²) >= 11 is 3.29. The minimum atomic E-state index is -4.44. The Labute approximate surface area is 166 Å².